The molecule has 0 saturated carbocycles. The van der Waals surface area contributed by atoms with Crippen LogP contribution >= 0.6 is 33.9 Å². The molecule has 4 heteroatoms. The molecule has 2 aromatic heterocycles. The molecule has 0 aliphatic heterocycles. The van der Waals surface area contributed by atoms with Crippen molar-refractivity contribution in [3.63, 3.8) is 0 Å². The highest BCUT2D eigenvalue weighted by atomic mass is 127. The quantitative estimate of drug-likeness (QED) is 0.864. The number of thiophene rings is 1. The Morgan fingerprint density at radius 3 is 2.93 bits per heavy atom. The van der Waals surface area contributed by atoms with Gasteiger partial charge in [0.15, 0.2) is 0 Å². The lowest BCUT2D eigenvalue weighted by molar-refractivity contribution is 0.553. The Kier molecular flexibility index (Phi) is 3.82. The SMILES string of the molecule is CCNC(c1ccoc1)c1csc(I)c1. The predicted molar refractivity (Wildman–Crippen MR) is 71.3 cm³/mol. The first-order valence-corrected chi connectivity index (χ1v) is 6.76. The van der Waals surface area contributed by atoms with E-state index >= 15 is 0 Å². The van der Waals surface area contributed by atoms with Gasteiger partial charge in [0.2, 0.25) is 0 Å². The van der Waals surface area contributed by atoms with E-state index in [9.17, 15) is 0 Å². The van der Waals surface area contributed by atoms with Crippen LogP contribution in [0.15, 0.2) is 34.5 Å². The maximum Gasteiger partial charge on any atom is 0.0953 e. The molecule has 0 saturated heterocycles. The molecule has 15 heavy (non-hydrogen) atoms. The zero-order valence-electron chi connectivity index (χ0n) is 8.37. The first-order chi connectivity index (χ1) is 7.31. The second kappa shape index (κ2) is 5.14. The van der Waals surface area contributed by atoms with Gasteiger partial charge in [0.1, 0.15) is 0 Å². The van der Waals surface area contributed by atoms with Gasteiger partial charge in [0, 0.05) is 5.56 Å². The van der Waals surface area contributed by atoms with Gasteiger partial charge < -0.3 is 9.73 Å². The van der Waals surface area contributed by atoms with Gasteiger partial charge in [0.05, 0.1) is 21.5 Å². The number of hydrogen-bond donors (Lipinski definition) is 1. The standard InChI is InChI=1S/C11H12INOS/c1-2-13-11(8-3-4-14-6-8)9-5-10(12)15-7-9/h3-7,11,13H,2H2,1H3. The summed E-state index contributed by atoms with van der Waals surface area (Å²) in [6.45, 7) is 3.06. The Bertz CT molecular complexity index is 410. The summed E-state index contributed by atoms with van der Waals surface area (Å²) >= 11 is 4.12. The van der Waals surface area contributed by atoms with Crippen LogP contribution in [0.5, 0.6) is 0 Å². The van der Waals surface area contributed by atoms with E-state index in [1.807, 2.05) is 6.07 Å². The van der Waals surface area contributed by atoms with Crippen molar-refractivity contribution < 1.29 is 4.42 Å². The molecule has 0 spiro atoms. The average molecular weight is 333 g/mol. The topological polar surface area (TPSA) is 25.2 Å². The highest BCUT2D eigenvalue weighted by Crippen LogP contribution is 2.27. The molecular formula is C11H12INOS. The summed E-state index contributed by atoms with van der Waals surface area (Å²) in [6, 6.07) is 4.48. The summed E-state index contributed by atoms with van der Waals surface area (Å²) in [6.07, 6.45) is 3.52. The monoisotopic (exact) mass is 333 g/mol. The number of furan rings is 1. The molecule has 1 N–H and O–H groups in total. The van der Waals surface area contributed by atoms with E-state index in [-0.39, 0.29) is 6.04 Å². The first-order valence-electron chi connectivity index (χ1n) is 4.80. The molecule has 0 bridgehead atoms. The Hall–Kier alpha value is -0.330. The van der Waals surface area contributed by atoms with Crippen LogP contribution in [0, 0.1) is 2.88 Å². The summed E-state index contributed by atoms with van der Waals surface area (Å²) in [5.41, 5.74) is 2.50. The van der Waals surface area contributed by atoms with Gasteiger partial charge in [-0.3, -0.25) is 0 Å². The van der Waals surface area contributed by atoms with Gasteiger partial charge in [0.25, 0.3) is 0 Å². The molecule has 1 unspecified atom stereocenters. The van der Waals surface area contributed by atoms with Crippen LogP contribution in [0.2, 0.25) is 0 Å². The average Bonchev–Trinajstić information content (AvgIpc) is 2.85. The molecule has 0 aliphatic carbocycles. The molecule has 0 aliphatic rings. The van der Waals surface area contributed by atoms with Gasteiger partial charge in [-0.15, -0.1) is 11.3 Å². The summed E-state index contributed by atoms with van der Waals surface area (Å²) in [7, 11) is 0. The van der Waals surface area contributed by atoms with E-state index in [0.29, 0.717) is 0 Å². The zero-order chi connectivity index (χ0) is 10.7. The minimum absolute atomic E-state index is 0.258. The largest absolute Gasteiger partial charge is 0.472 e. The van der Waals surface area contributed by atoms with E-state index in [1.165, 1.54) is 14.0 Å². The van der Waals surface area contributed by atoms with Gasteiger partial charge >= 0.3 is 0 Å². The predicted octanol–water partition coefficient (Wildman–Crippen LogP) is 3.64. The van der Waals surface area contributed by atoms with E-state index in [2.05, 4.69) is 46.3 Å². The smallest absolute Gasteiger partial charge is 0.0953 e. The fourth-order valence-corrected chi connectivity index (χ4v) is 2.94. The van der Waals surface area contributed by atoms with Gasteiger partial charge in [-0.25, -0.2) is 0 Å². The molecule has 2 heterocycles. The molecule has 2 aromatic rings. The van der Waals surface area contributed by atoms with Crippen LogP contribution in [0.25, 0.3) is 0 Å². The van der Waals surface area contributed by atoms with Gasteiger partial charge in [-0.1, -0.05) is 6.92 Å². The molecule has 2 nitrogen and oxygen atoms in total. The molecule has 80 valence electrons. The Balaban J connectivity index is 2.27. The maximum absolute atomic E-state index is 5.13. The van der Waals surface area contributed by atoms with E-state index < -0.39 is 0 Å². The molecule has 0 radical (unpaired) electrons. The lowest BCUT2D eigenvalue weighted by Gasteiger charge is -2.14. The summed E-state index contributed by atoms with van der Waals surface area (Å²) < 4.78 is 6.45. The fourth-order valence-electron chi connectivity index (χ4n) is 1.55. The Labute approximate surface area is 107 Å². The third-order valence-electron chi connectivity index (χ3n) is 2.21. The van der Waals surface area contributed by atoms with Crippen LogP contribution in [0.3, 0.4) is 0 Å². The highest BCUT2D eigenvalue weighted by molar-refractivity contribution is 14.1. The van der Waals surface area contributed by atoms with Crippen LogP contribution in [0.4, 0.5) is 0 Å². The van der Waals surface area contributed by atoms with Crippen LogP contribution in [0.1, 0.15) is 24.1 Å². The first kappa shape index (κ1) is 11.2. The van der Waals surface area contributed by atoms with E-state index in [4.69, 9.17) is 4.42 Å². The second-order valence-electron chi connectivity index (χ2n) is 3.23. The van der Waals surface area contributed by atoms with Crippen LogP contribution in [-0.4, -0.2) is 6.54 Å². The number of halogens is 1. The van der Waals surface area contributed by atoms with Crippen molar-refractivity contribution in [2.24, 2.45) is 0 Å². The number of nitrogens with one attached hydrogen (secondary N) is 1. The van der Waals surface area contributed by atoms with E-state index in [0.717, 1.165) is 6.54 Å². The number of rotatable bonds is 4. The lowest BCUT2D eigenvalue weighted by Crippen LogP contribution is -2.20. The Morgan fingerprint density at radius 2 is 2.40 bits per heavy atom. The van der Waals surface area contributed by atoms with Crippen molar-refractivity contribution in [1.29, 1.82) is 0 Å². The lowest BCUT2D eigenvalue weighted by atomic mass is 10.1. The molecule has 0 aromatic carbocycles. The normalized spacial score (nSPS) is 12.9. The van der Waals surface area contributed by atoms with Crippen molar-refractivity contribution in [3.05, 3.63) is 44.0 Å². The molecule has 2 rings (SSSR count). The maximum atomic E-state index is 5.13. The third-order valence-corrected chi connectivity index (χ3v) is 4.01. The van der Waals surface area contributed by atoms with Crippen molar-refractivity contribution in [2.75, 3.05) is 6.54 Å². The second-order valence-corrected chi connectivity index (χ2v) is 6.04. The summed E-state index contributed by atoms with van der Waals surface area (Å²) in [5.74, 6) is 0. The highest BCUT2D eigenvalue weighted by Gasteiger charge is 2.15. The zero-order valence-corrected chi connectivity index (χ0v) is 11.3. The van der Waals surface area contributed by atoms with Crippen LogP contribution < -0.4 is 5.32 Å². The number of hydrogen-bond acceptors (Lipinski definition) is 3. The fraction of sp³-hybridized carbons (Fsp3) is 0.273. The van der Waals surface area contributed by atoms with Crippen molar-refractivity contribution >= 4 is 33.9 Å². The summed E-state index contributed by atoms with van der Waals surface area (Å²) in [5, 5.41) is 5.65. The molecule has 1 atom stereocenters. The Morgan fingerprint density at radius 1 is 1.53 bits per heavy atom. The third kappa shape index (κ3) is 2.62. The van der Waals surface area contributed by atoms with Crippen molar-refractivity contribution in [3.8, 4) is 0 Å². The van der Waals surface area contributed by atoms with Gasteiger partial charge in [-0.2, -0.15) is 0 Å². The molecule has 0 fully saturated rings. The van der Waals surface area contributed by atoms with E-state index in [1.54, 1.807) is 23.9 Å². The summed E-state index contributed by atoms with van der Waals surface area (Å²) in [4.78, 5) is 0. The van der Waals surface area contributed by atoms with Crippen molar-refractivity contribution in [1.82, 2.24) is 5.32 Å². The molecular weight excluding hydrogens is 321 g/mol. The van der Waals surface area contributed by atoms with Crippen LogP contribution in [-0.2, 0) is 0 Å². The molecule has 0 amide bonds. The minimum Gasteiger partial charge on any atom is -0.472 e. The minimum atomic E-state index is 0.258. The van der Waals surface area contributed by atoms with Gasteiger partial charge in [-0.05, 0) is 52.2 Å². The van der Waals surface area contributed by atoms with Crippen molar-refractivity contribution in [2.45, 2.75) is 13.0 Å².